The van der Waals surface area contributed by atoms with Gasteiger partial charge in [0.25, 0.3) is 5.91 Å². The predicted octanol–water partition coefficient (Wildman–Crippen LogP) is 4.57. The van der Waals surface area contributed by atoms with Crippen molar-refractivity contribution >= 4 is 23.5 Å². The van der Waals surface area contributed by atoms with E-state index in [2.05, 4.69) is 5.32 Å². The van der Waals surface area contributed by atoms with Crippen LogP contribution in [0.15, 0.2) is 72.8 Å². The Bertz CT molecular complexity index is 1120. The summed E-state index contributed by atoms with van der Waals surface area (Å²) >= 11 is 0. The molecule has 1 atom stereocenters. The van der Waals surface area contributed by atoms with Crippen LogP contribution in [0.5, 0.6) is 0 Å². The zero-order valence-electron chi connectivity index (χ0n) is 17.0. The number of carbonyl (C=O) groups excluding carboxylic acids is 3. The molecular weight excluding hydrogens is 394 g/mol. The van der Waals surface area contributed by atoms with Crippen LogP contribution >= 0.6 is 0 Å². The summed E-state index contributed by atoms with van der Waals surface area (Å²) in [4.78, 5) is 36.9. The van der Waals surface area contributed by atoms with Crippen molar-refractivity contribution < 1.29 is 23.9 Å². The molecule has 0 spiro atoms. The fourth-order valence-corrected chi connectivity index (χ4v) is 3.50. The lowest BCUT2D eigenvalue weighted by atomic mass is 9.93. The minimum absolute atomic E-state index is 0.300. The number of cyclic esters (lactones) is 1. The molecule has 0 fully saturated rings. The number of ether oxygens (including phenoxy) is 2. The van der Waals surface area contributed by atoms with Crippen LogP contribution in [0.4, 0.5) is 5.69 Å². The van der Waals surface area contributed by atoms with Crippen molar-refractivity contribution in [3.63, 3.8) is 0 Å². The van der Waals surface area contributed by atoms with E-state index in [-0.39, 0.29) is 12.0 Å². The van der Waals surface area contributed by atoms with Crippen molar-refractivity contribution in [2.45, 2.75) is 19.4 Å². The number of benzene rings is 3. The summed E-state index contributed by atoms with van der Waals surface area (Å²) in [6.45, 7) is 2.04. The molecular formula is C25H21NO5. The number of hydrogen-bond donors (Lipinski definition) is 1. The molecule has 3 aromatic rings. The molecule has 6 nitrogen and oxygen atoms in total. The second kappa shape index (κ2) is 8.83. The maximum atomic E-state index is 12.7. The van der Waals surface area contributed by atoms with Crippen molar-refractivity contribution in [1.29, 1.82) is 0 Å². The van der Waals surface area contributed by atoms with Crippen LogP contribution in [0.3, 0.4) is 0 Å². The molecule has 6 heteroatoms. The molecule has 156 valence electrons. The van der Waals surface area contributed by atoms with Gasteiger partial charge in [-0.25, -0.2) is 9.59 Å². The number of hydrogen-bond acceptors (Lipinski definition) is 5. The largest absolute Gasteiger partial charge is 0.462 e. The highest BCUT2D eigenvalue weighted by Gasteiger charge is 2.28. The Morgan fingerprint density at radius 2 is 1.71 bits per heavy atom. The first-order valence-corrected chi connectivity index (χ1v) is 10.0. The van der Waals surface area contributed by atoms with E-state index in [1.807, 2.05) is 30.3 Å². The van der Waals surface area contributed by atoms with Crippen molar-refractivity contribution in [2.24, 2.45) is 0 Å². The van der Waals surface area contributed by atoms with Crippen LogP contribution in [0, 0.1) is 0 Å². The van der Waals surface area contributed by atoms with Gasteiger partial charge in [0.2, 0.25) is 0 Å². The normalized spacial score (nSPS) is 14.9. The minimum Gasteiger partial charge on any atom is -0.462 e. The van der Waals surface area contributed by atoms with Gasteiger partial charge in [0.15, 0.2) is 0 Å². The third-order valence-corrected chi connectivity index (χ3v) is 5.07. The molecule has 0 bridgehead atoms. The molecule has 0 saturated carbocycles. The Labute approximate surface area is 179 Å². The van der Waals surface area contributed by atoms with E-state index in [1.54, 1.807) is 49.4 Å². The molecule has 0 aromatic heterocycles. The zero-order chi connectivity index (χ0) is 21.8. The number of anilines is 1. The van der Waals surface area contributed by atoms with Gasteiger partial charge >= 0.3 is 11.9 Å². The Morgan fingerprint density at radius 3 is 2.42 bits per heavy atom. The molecule has 31 heavy (non-hydrogen) atoms. The molecule has 1 aliphatic heterocycles. The van der Waals surface area contributed by atoms with Gasteiger partial charge in [-0.15, -0.1) is 0 Å². The molecule has 0 aliphatic carbocycles. The summed E-state index contributed by atoms with van der Waals surface area (Å²) in [5.41, 5.74) is 3.57. The third kappa shape index (κ3) is 4.48. The van der Waals surface area contributed by atoms with Crippen LogP contribution in [0.25, 0.3) is 0 Å². The Hall–Kier alpha value is -3.93. The van der Waals surface area contributed by atoms with Crippen LogP contribution in [0.1, 0.15) is 55.2 Å². The van der Waals surface area contributed by atoms with Gasteiger partial charge in [0.1, 0.15) is 6.10 Å². The average Bonchev–Trinajstić information content (AvgIpc) is 2.80. The van der Waals surface area contributed by atoms with Crippen LogP contribution in [-0.4, -0.2) is 24.5 Å². The van der Waals surface area contributed by atoms with E-state index in [1.165, 1.54) is 0 Å². The molecule has 1 N–H and O–H groups in total. The first kappa shape index (κ1) is 20.3. The summed E-state index contributed by atoms with van der Waals surface area (Å²) in [6, 6.07) is 21.0. The highest BCUT2D eigenvalue weighted by molar-refractivity contribution is 6.05. The standard InChI is InChI=1S/C25H21NO5/c1-2-30-24(28)17-8-11-20(12-9-17)26-23(27)18-10-13-21-19(14-18)15-22(31-25(21)29)16-6-4-3-5-7-16/h3-14,22H,2,15H2,1H3,(H,26,27)/t22-/m0/s1. The lowest BCUT2D eigenvalue weighted by Gasteiger charge is -2.25. The highest BCUT2D eigenvalue weighted by Crippen LogP contribution is 2.31. The maximum Gasteiger partial charge on any atom is 0.339 e. The molecule has 1 heterocycles. The Kier molecular flexibility index (Phi) is 5.80. The van der Waals surface area contributed by atoms with Gasteiger partial charge in [0, 0.05) is 17.7 Å². The fraction of sp³-hybridized carbons (Fsp3) is 0.160. The SMILES string of the molecule is CCOC(=O)c1ccc(NC(=O)c2ccc3c(c2)C[C@@H](c2ccccc2)OC3=O)cc1. The van der Waals surface area contributed by atoms with Crippen molar-refractivity contribution in [3.05, 3.63) is 101 Å². The first-order chi connectivity index (χ1) is 15.0. The summed E-state index contributed by atoms with van der Waals surface area (Å²) in [7, 11) is 0. The number of fused-ring (bicyclic) bond motifs is 1. The monoisotopic (exact) mass is 415 g/mol. The minimum atomic E-state index is -0.407. The van der Waals surface area contributed by atoms with Crippen molar-refractivity contribution in [3.8, 4) is 0 Å². The molecule has 3 aromatic carbocycles. The van der Waals surface area contributed by atoms with Crippen LogP contribution in [0.2, 0.25) is 0 Å². The van der Waals surface area contributed by atoms with E-state index in [0.29, 0.717) is 35.4 Å². The van der Waals surface area contributed by atoms with Crippen molar-refractivity contribution in [1.82, 2.24) is 0 Å². The predicted molar refractivity (Wildman–Crippen MR) is 115 cm³/mol. The van der Waals surface area contributed by atoms with Gasteiger partial charge in [-0.05, 0) is 60.5 Å². The van der Waals surface area contributed by atoms with Gasteiger partial charge < -0.3 is 14.8 Å². The number of amides is 1. The van der Waals surface area contributed by atoms with E-state index in [0.717, 1.165) is 11.1 Å². The van der Waals surface area contributed by atoms with E-state index in [9.17, 15) is 14.4 Å². The first-order valence-electron chi connectivity index (χ1n) is 10.0. The Balaban J connectivity index is 1.50. The molecule has 0 radical (unpaired) electrons. The molecule has 0 unspecified atom stereocenters. The topological polar surface area (TPSA) is 81.7 Å². The van der Waals surface area contributed by atoms with E-state index >= 15 is 0 Å². The lowest BCUT2D eigenvalue weighted by Crippen LogP contribution is -2.23. The number of carbonyl (C=O) groups is 3. The zero-order valence-corrected chi connectivity index (χ0v) is 17.0. The average molecular weight is 415 g/mol. The van der Waals surface area contributed by atoms with Gasteiger partial charge in [-0.1, -0.05) is 30.3 Å². The summed E-state index contributed by atoms with van der Waals surface area (Å²) in [5, 5.41) is 2.81. The summed E-state index contributed by atoms with van der Waals surface area (Å²) in [5.74, 6) is -1.10. The van der Waals surface area contributed by atoms with Crippen LogP contribution < -0.4 is 5.32 Å². The van der Waals surface area contributed by atoms with Crippen molar-refractivity contribution in [2.75, 3.05) is 11.9 Å². The van der Waals surface area contributed by atoms with Gasteiger partial charge in [0.05, 0.1) is 17.7 Å². The molecule has 4 rings (SSSR count). The van der Waals surface area contributed by atoms with Crippen LogP contribution in [-0.2, 0) is 15.9 Å². The molecule has 0 saturated heterocycles. The smallest absolute Gasteiger partial charge is 0.339 e. The van der Waals surface area contributed by atoms with E-state index in [4.69, 9.17) is 9.47 Å². The summed E-state index contributed by atoms with van der Waals surface area (Å²) < 4.78 is 10.5. The Morgan fingerprint density at radius 1 is 1.00 bits per heavy atom. The number of esters is 2. The van der Waals surface area contributed by atoms with Gasteiger partial charge in [-0.2, -0.15) is 0 Å². The number of rotatable bonds is 5. The second-order valence-electron chi connectivity index (χ2n) is 7.13. The summed E-state index contributed by atoms with van der Waals surface area (Å²) in [6.07, 6.45) is 0.121. The maximum absolute atomic E-state index is 12.7. The fourth-order valence-electron chi connectivity index (χ4n) is 3.50. The molecule has 1 aliphatic rings. The quantitative estimate of drug-likeness (QED) is 0.618. The molecule has 1 amide bonds. The number of nitrogens with one attached hydrogen (secondary N) is 1. The second-order valence-corrected chi connectivity index (χ2v) is 7.13. The third-order valence-electron chi connectivity index (χ3n) is 5.07. The van der Waals surface area contributed by atoms with Gasteiger partial charge in [-0.3, -0.25) is 4.79 Å². The highest BCUT2D eigenvalue weighted by atomic mass is 16.5. The lowest BCUT2D eigenvalue weighted by molar-refractivity contribution is 0.0252. The van der Waals surface area contributed by atoms with E-state index < -0.39 is 11.9 Å².